The summed E-state index contributed by atoms with van der Waals surface area (Å²) < 4.78 is 4.92. The first-order valence-electron chi connectivity index (χ1n) is 4.74. The minimum atomic E-state index is -0.357. The van der Waals surface area contributed by atoms with Crippen molar-refractivity contribution < 1.29 is 9.53 Å². The average molecular weight is 250 g/mol. The number of hydrogen-bond donors (Lipinski definition) is 2. The Kier molecular flexibility index (Phi) is 3.51. The van der Waals surface area contributed by atoms with Crippen LogP contribution in [-0.4, -0.2) is 23.1 Å². The summed E-state index contributed by atoms with van der Waals surface area (Å²) in [4.78, 5) is 19.3. The van der Waals surface area contributed by atoms with Crippen LogP contribution < -0.4 is 15.4 Å². The Labute approximate surface area is 102 Å². The lowest BCUT2D eigenvalue weighted by Gasteiger charge is -2.05. The lowest BCUT2D eigenvalue weighted by molar-refractivity contribution is 0.262. The zero-order chi connectivity index (χ0) is 12.1. The third kappa shape index (κ3) is 3.15. The van der Waals surface area contributed by atoms with Crippen molar-refractivity contribution in [3.05, 3.63) is 29.2 Å². The van der Waals surface area contributed by atoms with E-state index < -0.39 is 0 Å². The van der Waals surface area contributed by atoms with Gasteiger partial charge in [-0.2, -0.15) is 11.3 Å². The van der Waals surface area contributed by atoms with E-state index >= 15 is 0 Å². The number of carbonyl (C=O) groups is 1. The van der Waals surface area contributed by atoms with Gasteiger partial charge in [-0.15, -0.1) is 0 Å². The molecular formula is C10H10N4O2S. The van der Waals surface area contributed by atoms with Crippen LogP contribution in [0.15, 0.2) is 29.2 Å². The minimum Gasteiger partial charge on any atom is -0.481 e. The molecular weight excluding hydrogens is 240 g/mol. The highest BCUT2D eigenvalue weighted by Gasteiger charge is 2.04. The molecule has 0 saturated heterocycles. The summed E-state index contributed by atoms with van der Waals surface area (Å²) >= 11 is 1.51. The van der Waals surface area contributed by atoms with Crippen LogP contribution in [0.1, 0.15) is 0 Å². The molecule has 0 atom stereocenters. The molecule has 0 fully saturated rings. The molecule has 0 aromatic carbocycles. The molecule has 6 nitrogen and oxygen atoms in total. The first-order valence-corrected chi connectivity index (χ1v) is 5.68. The largest absolute Gasteiger partial charge is 0.481 e. The van der Waals surface area contributed by atoms with E-state index in [0.29, 0.717) is 11.7 Å². The standard InChI is InChI=1S/C10H10N4O2S/c1-16-9-4-8(11-6-12-9)14-10(15)13-7-2-3-17-5-7/h2-6H,1H3,(H2,11,12,13,14,15). The van der Waals surface area contributed by atoms with E-state index in [1.165, 1.54) is 30.8 Å². The Balaban J connectivity index is 1.98. The number of carbonyl (C=O) groups excluding carboxylic acids is 1. The summed E-state index contributed by atoms with van der Waals surface area (Å²) in [6.45, 7) is 0. The fourth-order valence-electron chi connectivity index (χ4n) is 1.13. The number of nitrogens with one attached hydrogen (secondary N) is 2. The molecule has 2 rings (SSSR count). The van der Waals surface area contributed by atoms with Gasteiger partial charge in [0.15, 0.2) is 0 Å². The van der Waals surface area contributed by atoms with Gasteiger partial charge < -0.3 is 10.1 Å². The van der Waals surface area contributed by atoms with E-state index in [4.69, 9.17) is 4.74 Å². The molecule has 0 aliphatic carbocycles. The fourth-order valence-corrected chi connectivity index (χ4v) is 1.72. The van der Waals surface area contributed by atoms with Gasteiger partial charge in [-0.05, 0) is 11.4 Å². The summed E-state index contributed by atoms with van der Waals surface area (Å²) in [5, 5.41) is 8.96. The van der Waals surface area contributed by atoms with Crippen LogP contribution >= 0.6 is 11.3 Å². The summed E-state index contributed by atoms with van der Waals surface area (Å²) in [5.74, 6) is 0.774. The lowest BCUT2D eigenvalue weighted by atomic mass is 10.5. The molecule has 0 unspecified atom stereocenters. The number of methoxy groups -OCH3 is 1. The second-order valence-electron chi connectivity index (χ2n) is 3.04. The molecule has 2 heterocycles. The first kappa shape index (κ1) is 11.3. The number of urea groups is 1. The monoisotopic (exact) mass is 250 g/mol. The average Bonchev–Trinajstić information content (AvgIpc) is 2.82. The molecule has 0 bridgehead atoms. The Morgan fingerprint density at radius 3 is 3.00 bits per heavy atom. The molecule has 7 heteroatoms. The zero-order valence-corrected chi connectivity index (χ0v) is 9.82. The third-order valence-corrected chi connectivity index (χ3v) is 2.56. The Bertz CT molecular complexity index is 501. The van der Waals surface area contributed by atoms with Gasteiger partial charge >= 0.3 is 6.03 Å². The van der Waals surface area contributed by atoms with E-state index in [1.807, 2.05) is 16.8 Å². The summed E-state index contributed by atoms with van der Waals surface area (Å²) in [7, 11) is 1.50. The number of aromatic nitrogens is 2. The predicted octanol–water partition coefficient (Wildman–Crippen LogP) is 2.19. The van der Waals surface area contributed by atoms with E-state index in [-0.39, 0.29) is 6.03 Å². The Morgan fingerprint density at radius 1 is 1.41 bits per heavy atom. The summed E-state index contributed by atoms with van der Waals surface area (Å²) in [6, 6.07) is 2.99. The molecule has 0 spiro atoms. The molecule has 88 valence electrons. The van der Waals surface area contributed by atoms with Crippen molar-refractivity contribution in [2.45, 2.75) is 0 Å². The molecule has 17 heavy (non-hydrogen) atoms. The smallest absolute Gasteiger partial charge is 0.324 e. The third-order valence-electron chi connectivity index (χ3n) is 1.87. The number of nitrogens with zero attached hydrogens (tertiary/aromatic N) is 2. The van der Waals surface area contributed by atoms with Crippen LogP contribution in [0.5, 0.6) is 5.88 Å². The van der Waals surface area contributed by atoms with Crippen LogP contribution in [-0.2, 0) is 0 Å². The van der Waals surface area contributed by atoms with Crippen LogP contribution in [0.25, 0.3) is 0 Å². The number of amides is 2. The fraction of sp³-hybridized carbons (Fsp3) is 0.100. The number of anilines is 2. The second-order valence-corrected chi connectivity index (χ2v) is 3.82. The van der Waals surface area contributed by atoms with Crippen LogP contribution in [0.3, 0.4) is 0 Å². The van der Waals surface area contributed by atoms with Gasteiger partial charge in [-0.3, -0.25) is 5.32 Å². The van der Waals surface area contributed by atoms with Crippen molar-refractivity contribution in [2.24, 2.45) is 0 Å². The van der Waals surface area contributed by atoms with Gasteiger partial charge in [0.2, 0.25) is 5.88 Å². The van der Waals surface area contributed by atoms with Crippen LogP contribution in [0.2, 0.25) is 0 Å². The van der Waals surface area contributed by atoms with Gasteiger partial charge in [0.25, 0.3) is 0 Å². The van der Waals surface area contributed by atoms with Crippen molar-refractivity contribution in [1.29, 1.82) is 0 Å². The van der Waals surface area contributed by atoms with Crippen molar-refractivity contribution >= 4 is 28.9 Å². The molecule has 2 N–H and O–H groups in total. The van der Waals surface area contributed by atoms with Crippen molar-refractivity contribution in [3.8, 4) is 5.88 Å². The first-order chi connectivity index (χ1) is 8.28. The minimum absolute atomic E-state index is 0.357. The van der Waals surface area contributed by atoms with Crippen LogP contribution in [0.4, 0.5) is 16.3 Å². The van der Waals surface area contributed by atoms with Gasteiger partial charge in [0.05, 0.1) is 12.8 Å². The maximum atomic E-state index is 11.6. The van der Waals surface area contributed by atoms with Crippen LogP contribution in [0, 0.1) is 0 Å². The maximum Gasteiger partial charge on any atom is 0.324 e. The second kappa shape index (κ2) is 5.26. The summed E-state index contributed by atoms with van der Waals surface area (Å²) in [6.07, 6.45) is 1.32. The van der Waals surface area contributed by atoms with Crippen molar-refractivity contribution in [2.75, 3.05) is 17.7 Å². The number of thiophene rings is 1. The van der Waals surface area contributed by atoms with Gasteiger partial charge in [-0.25, -0.2) is 14.8 Å². The van der Waals surface area contributed by atoms with E-state index in [1.54, 1.807) is 0 Å². The molecule has 0 aliphatic heterocycles. The molecule has 2 amide bonds. The van der Waals surface area contributed by atoms with Crippen molar-refractivity contribution in [3.63, 3.8) is 0 Å². The lowest BCUT2D eigenvalue weighted by Crippen LogP contribution is -2.19. The maximum absolute atomic E-state index is 11.6. The molecule has 0 saturated carbocycles. The molecule has 2 aromatic heterocycles. The molecule has 0 aliphatic rings. The molecule has 2 aromatic rings. The quantitative estimate of drug-likeness (QED) is 0.875. The summed E-state index contributed by atoms with van der Waals surface area (Å²) in [5.41, 5.74) is 0.744. The van der Waals surface area contributed by atoms with E-state index in [2.05, 4.69) is 20.6 Å². The Morgan fingerprint density at radius 2 is 2.29 bits per heavy atom. The zero-order valence-electron chi connectivity index (χ0n) is 9.01. The number of ether oxygens (including phenoxy) is 1. The number of rotatable bonds is 3. The topological polar surface area (TPSA) is 76.1 Å². The highest BCUT2D eigenvalue weighted by molar-refractivity contribution is 7.08. The molecule has 0 radical (unpaired) electrons. The normalized spacial score (nSPS) is 9.71. The number of hydrogen-bond acceptors (Lipinski definition) is 5. The van der Waals surface area contributed by atoms with Gasteiger partial charge in [0, 0.05) is 11.4 Å². The highest BCUT2D eigenvalue weighted by Crippen LogP contribution is 2.13. The Hall–Kier alpha value is -2.15. The van der Waals surface area contributed by atoms with Crippen molar-refractivity contribution in [1.82, 2.24) is 9.97 Å². The highest BCUT2D eigenvalue weighted by atomic mass is 32.1. The van der Waals surface area contributed by atoms with E-state index in [0.717, 1.165) is 5.69 Å². The van der Waals surface area contributed by atoms with Gasteiger partial charge in [-0.1, -0.05) is 0 Å². The van der Waals surface area contributed by atoms with E-state index in [9.17, 15) is 4.79 Å². The SMILES string of the molecule is COc1cc(NC(=O)Nc2ccsc2)ncn1. The predicted molar refractivity (Wildman–Crippen MR) is 65.5 cm³/mol. The van der Waals surface area contributed by atoms with Gasteiger partial charge in [0.1, 0.15) is 12.1 Å².